The van der Waals surface area contributed by atoms with Crippen LogP contribution in [-0.4, -0.2) is 14.2 Å². The molecule has 0 radical (unpaired) electrons. The molecule has 1 aromatic rings. The summed E-state index contributed by atoms with van der Waals surface area (Å²) in [6.45, 7) is 0. The van der Waals surface area contributed by atoms with Crippen molar-refractivity contribution in [1.82, 2.24) is 0 Å². The molecule has 0 aliphatic carbocycles. The molecule has 0 amide bonds. The van der Waals surface area contributed by atoms with Gasteiger partial charge in [0.25, 0.3) is 0 Å². The Kier molecular flexibility index (Phi) is 4.85. The van der Waals surface area contributed by atoms with Gasteiger partial charge in [0.05, 0.1) is 14.2 Å². The van der Waals surface area contributed by atoms with Crippen LogP contribution in [0.2, 0.25) is 0 Å². The zero-order chi connectivity index (χ0) is 7.40. The van der Waals surface area contributed by atoms with Gasteiger partial charge in [-0.3, -0.25) is 0 Å². The number of hydrogen-bond donors (Lipinski definition) is 0. The molecule has 1 aromatic carbocycles. The van der Waals surface area contributed by atoms with Crippen molar-refractivity contribution >= 4 is 0 Å². The number of para-hydroxylation sites is 2. The van der Waals surface area contributed by atoms with Gasteiger partial charge in [-0.2, -0.15) is 0 Å². The molecule has 0 heterocycles. The Bertz CT molecular complexity index is 195. The Hall–Kier alpha value is -0.583. The van der Waals surface area contributed by atoms with Crippen LogP contribution >= 0.6 is 0 Å². The van der Waals surface area contributed by atoms with E-state index in [1.807, 2.05) is 24.3 Å². The summed E-state index contributed by atoms with van der Waals surface area (Å²) < 4.78 is 10.0. The Labute approximate surface area is 80.2 Å². The number of rotatable bonds is 2. The molecule has 0 saturated carbocycles. The van der Waals surface area contributed by atoms with E-state index in [0.717, 1.165) is 11.5 Å². The fourth-order valence-electron chi connectivity index (χ4n) is 0.787. The fourth-order valence-corrected chi connectivity index (χ4v) is 0.787. The van der Waals surface area contributed by atoms with Gasteiger partial charge in [0.15, 0.2) is 11.5 Å². The molecule has 11 heavy (non-hydrogen) atoms. The Balaban J connectivity index is 0. The first-order valence-corrected chi connectivity index (χ1v) is 3.05. The summed E-state index contributed by atoms with van der Waals surface area (Å²) in [5.41, 5.74) is 0. The van der Waals surface area contributed by atoms with Gasteiger partial charge in [-0.1, -0.05) is 12.1 Å². The normalized spacial score (nSPS) is 8.18. The first-order chi connectivity index (χ1) is 4.88. The van der Waals surface area contributed by atoms with Crippen molar-refractivity contribution in [2.24, 2.45) is 0 Å². The number of ether oxygens (including phenoxy) is 2. The Morgan fingerprint density at radius 3 is 1.64 bits per heavy atom. The van der Waals surface area contributed by atoms with E-state index in [-0.39, 0.29) is 20.3 Å². The summed E-state index contributed by atoms with van der Waals surface area (Å²) in [5, 5.41) is 0. The van der Waals surface area contributed by atoms with Gasteiger partial charge in [0.1, 0.15) is 0 Å². The van der Waals surface area contributed by atoms with Crippen LogP contribution in [-0.2, 0) is 0 Å². The van der Waals surface area contributed by atoms with E-state index in [4.69, 9.17) is 9.47 Å². The molecule has 0 unspecified atom stereocenters. The standard InChI is InChI=1S/C8H10O2.Li.H/c1-9-7-5-3-4-6-8(7)10-2;;/h3-6H,1-2H3;;/q;+1;-1. The summed E-state index contributed by atoms with van der Waals surface area (Å²) in [4.78, 5) is 0. The third-order valence-electron chi connectivity index (χ3n) is 1.29. The molecule has 2 nitrogen and oxygen atoms in total. The molecule has 0 atom stereocenters. The molecular weight excluding hydrogens is 135 g/mol. The molecule has 0 aromatic heterocycles. The minimum absolute atomic E-state index is 0. The first kappa shape index (κ1) is 10.4. The van der Waals surface area contributed by atoms with E-state index >= 15 is 0 Å². The monoisotopic (exact) mass is 146 g/mol. The largest absolute Gasteiger partial charge is 1.00 e. The SMILES string of the molecule is COc1ccccc1OC.[H-].[Li+]. The summed E-state index contributed by atoms with van der Waals surface area (Å²) in [7, 11) is 3.25. The van der Waals surface area contributed by atoms with Crippen molar-refractivity contribution in [3.63, 3.8) is 0 Å². The number of hydrogen-bond acceptors (Lipinski definition) is 2. The molecule has 56 valence electrons. The molecule has 0 spiro atoms. The topological polar surface area (TPSA) is 18.5 Å². The van der Waals surface area contributed by atoms with Crippen LogP contribution in [0.15, 0.2) is 24.3 Å². The fraction of sp³-hybridized carbons (Fsp3) is 0.250. The molecule has 3 heteroatoms. The molecule has 1 rings (SSSR count). The maximum atomic E-state index is 5.01. The average Bonchev–Trinajstić information content (AvgIpc) is 2.04. The zero-order valence-corrected chi connectivity index (χ0v) is 7.13. The van der Waals surface area contributed by atoms with E-state index < -0.39 is 0 Å². The smallest absolute Gasteiger partial charge is 1.00 e. The molecule has 0 bridgehead atoms. The van der Waals surface area contributed by atoms with Crippen LogP contribution in [0.4, 0.5) is 0 Å². The van der Waals surface area contributed by atoms with Crippen molar-refractivity contribution in [3.8, 4) is 11.5 Å². The molecule has 0 aliphatic heterocycles. The quantitative estimate of drug-likeness (QED) is 0.489. The van der Waals surface area contributed by atoms with Crippen molar-refractivity contribution in [1.29, 1.82) is 0 Å². The van der Waals surface area contributed by atoms with E-state index in [2.05, 4.69) is 0 Å². The van der Waals surface area contributed by atoms with E-state index in [1.165, 1.54) is 0 Å². The van der Waals surface area contributed by atoms with Crippen LogP contribution in [0.3, 0.4) is 0 Å². The third kappa shape index (κ3) is 2.49. The van der Waals surface area contributed by atoms with Crippen molar-refractivity contribution in [2.45, 2.75) is 0 Å². The number of methoxy groups -OCH3 is 2. The summed E-state index contributed by atoms with van der Waals surface area (Å²) in [6.07, 6.45) is 0. The average molecular weight is 146 g/mol. The number of benzene rings is 1. The van der Waals surface area contributed by atoms with Crippen molar-refractivity contribution in [2.75, 3.05) is 14.2 Å². The van der Waals surface area contributed by atoms with Crippen LogP contribution in [0.25, 0.3) is 0 Å². The van der Waals surface area contributed by atoms with E-state index in [0.29, 0.717) is 0 Å². The van der Waals surface area contributed by atoms with Crippen molar-refractivity contribution in [3.05, 3.63) is 24.3 Å². The van der Waals surface area contributed by atoms with Gasteiger partial charge in [-0.25, -0.2) is 0 Å². The predicted octanol–water partition coefficient (Wildman–Crippen LogP) is -1.18. The Morgan fingerprint density at radius 2 is 1.36 bits per heavy atom. The minimum atomic E-state index is 0. The van der Waals surface area contributed by atoms with Gasteiger partial charge in [0.2, 0.25) is 0 Å². The van der Waals surface area contributed by atoms with E-state index in [9.17, 15) is 0 Å². The summed E-state index contributed by atoms with van der Waals surface area (Å²) in [5.74, 6) is 1.54. The maximum absolute atomic E-state index is 5.01. The molecule has 0 saturated heterocycles. The maximum Gasteiger partial charge on any atom is 1.00 e. The van der Waals surface area contributed by atoms with Gasteiger partial charge in [0, 0.05) is 0 Å². The van der Waals surface area contributed by atoms with Gasteiger partial charge in [-0.05, 0) is 12.1 Å². The van der Waals surface area contributed by atoms with Gasteiger partial charge in [-0.15, -0.1) is 0 Å². The third-order valence-corrected chi connectivity index (χ3v) is 1.29. The van der Waals surface area contributed by atoms with Gasteiger partial charge >= 0.3 is 18.9 Å². The second-order valence-corrected chi connectivity index (χ2v) is 1.85. The summed E-state index contributed by atoms with van der Waals surface area (Å²) >= 11 is 0. The first-order valence-electron chi connectivity index (χ1n) is 3.05. The molecular formula is C8H11LiO2. The van der Waals surface area contributed by atoms with Gasteiger partial charge < -0.3 is 10.9 Å². The van der Waals surface area contributed by atoms with E-state index in [1.54, 1.807) is 14.2 Å². The van der Waals surface area contributed by atoms with Crippen molar-refractivity contribution < 1.29 is 29.8 Å². The molecule has 0 N–H and O–H groups in total. The molecule has 0 aliphatic rings. The predicted molar refractivity (Wildman–Crippen MR) is 40.7 cm³/mol. The van der Waals surface area contributed by atoms with Crippen LogP contribution in [0.5, 0.6) is 11.5 Å². The molecule has 0 fully saturated rings. The summed E-state index contributed by atoms with van der Waals surface area (Å²) in [6, 6.07) is 7.53. The van der Waals surface area contributed by atoms with Crippen LogP contribution in [0, 0.1) is 0 Å². The van der Waals surface area contributed by atoms with Crippen LogP contribution < -0.4 is 28.3 Å². The second-order valence-electron chi connectivity index (χ2n) is 1.85. The Morgan fingerprint density at radius 1 is 1.00 bits per heavy atom. The second kappa shape index (κ2) is 5.12. The minimum Gasteiger partial charge on any atom is -1.00 e. The zero-order valence-electron chi connectivity index (χ0n) is 8.13. The van der Waals surface area contributed by atoms with Crippen LogP contribution in [0.1, 0.15) is 1.43 Å².